The summed E-state index contributed by atoms with van der Waals surface area (Å²) < 4.78 is 0. The largest absolute Gasteiger partial charge is 0.549 e. The van der Waals surface area contributed by atoms with E-state index in [9.17, 15) is 19.8 Å². The molecule has 0 aliphatic heterocycles. The van der Waals surface area contributed by atoms with E-state index >= 15 is 0 Å². The Morgan fingerprint density at radius 3 is 1.60 bits per heavy atom. The third-order valence-electron chi connectivity index (χ3n) is 1.53. The number of carbonyl (C=O) groups excluding carboxylic acids is 2. The van der Waals surface area contributed by atoms with Crippen molar-refractivity contribution in [1.29, 1.82) is 0 Å². The van der Waals surface area contributed by atoms with Gasteiger partial charge in [-0.2, -0.15) is 0 Å². The summed E-state index contributed by atoms with van der Waals surface area (Å²) in [6.07, 6.45) is 0. The van der Waals surface area contributed by atoms with Gasteiger partial charge in [-0.3, -0.25) is 0 Å². The molecular weight excluding hydrogens is 136 g/mol. The fourth-order valence-electron chi connectivity index (χ4n) is 0.890. The van der Waals surface area contributed by atoms with Gasteiger partial charge in [0.25, 0.3) is 0 Å². The molecule has 0 spiro atoms. The molecule has 0 amide bonds. The molecule has 1 aliphatic carbocycles. The Kier molecular flexibility index (Phi) is 1.24. The molecule has 0 saturated heterocycles. The molecule has 0 bridgehead atoms. The van der Waals surface area contributed by atoms with Gasteiger partial charge < -0.3 is 19.8 Å². The van der Waals surface area contributed by atoms with Crippen LogP contribution in [-0.4, -0.2) is 11.9 Å². The zero-order chi connectivity index (χ0) is 7.89. The monoisotopic (exact) mass is 140 g/mol. The first-order valence-electron chi connectivity index (χ1n) is 2.66. The van der Waals surface area contributed by atoms with Crippen molar-refractivity contribution in [3.05, 3.63) is 12.2 Å². The topological polar surface area (TPSA) is 80.3 Å². The van der Waals surface area contributed by atoms with Gasteiger partial charge >= 0.3 is 0 Å². The lowest BCUT2D eigenvalue weighted by molar-refractivity contribution is -0.316. The molecule has 1 fully saturated rings. The van der Waals surface area contributed by atoms with Crippen LogP contribution < -0.4 is 10.2 Å². The third-order valence-corrected chi connectivity index (χ3v) is 1.53. The fraction of sp³-hybridized carbons (Fsp3) is 0.333. The average Bonchev–Trinajstić information content (AvgIpc) is 2.40. The van der Waals surface area contributed by atoms with Crippen LogP contribution in [0.4, 0.5) is 0 Å². The Hall–Kier alpha value is -1.32. The smallest absolute Gasteiger partial charge is 0.0495 e. The van der Waals surface area contributed by atoms with E-state index in [1.54, 1.807) is 0 Å². The van der Waals surface area contributed by atoms with Gasteiger partial charge in [0.2, 0.25) is 0 Å². The maximum Gasteiger partial charge on any atom is 0.0495 e. The summed E-state index contributed by atoms with van der Waals surface area (Å²) in [5, 5.41) is 20.0. The van der Waals surface area contributed by atoms with Crippen molar-refractivity contribution < 1.29 is 19.8 Å². The number of hydrogen-bond acceptors (Lipinski definition) is 4. The molecule has 54 valence electrons. The van der Waals surface area contributed by atoms with Crippen LogP contribution in [0.1, 0.15) is 0 Å². The summed E-state index contributed by atoms with van der Waals surface area (Å²) in [6.45, 7) is 3.23. The molecule has 0 N–H and O–H groups in total. The molecule has 0 radical (unpaired) electrons. The lowest BCUT2D eigenvalue weighted by atomic mass is 10.3. The van der Waals surface area contributed by atoms with E-state index in [-0.39, 0.29) is 5.57 Å². The number of rotatable bonds is 2. The number of carboxylic acid groups (broad SMARTS) is 2. The summed E-state index contributed by atoms with van der Waals surface area (Å²) in [6, 6.07) is 0. The minimum atomic E-state index is -1.39. The van der Waals surface area contributed by atoms with Crippen molar-refractivity contribution >= 4 is 11.9 Å². The first kappa shape index (κ1) is 6.80. The van der Waals surface area contributed by atoms with Crippen LogP contribution >= 0.6 is 0 Å². The Morgan fingerprint density at radius 2 is 1.50 bits per heavy atom. The quantitative estimate of drug-likeness (QED) is 0.390. The predicted molar refractivity (Wildman–Crippen MR) is 26.1 cm³/mol. The summed E-state index contributed by atoms with van der Waals surface area (Å²) in [5.74, 6) is -4.83. The average molecular weight is 140 g/mol. The highest BCUT2D eigenvalue weighted by Crippen LogP contribution is 2.43. The SMILES string of the molecule is C=C1[C@@H](C(=O)[O-])[C@@H]1C(=O)[O-]. The highest BCUT2D eigenvalue weighted by Gasteiger charge is 2.44. The molecule has 1 rings (SSSR count). The summed E-state index contributed by atoms with van der Waals surface area (Å²) in [7, 11) is 0. The van der Waals surface area contributed by atoms with Crippen molar-refractivity contribution in [3.63, 3.8) is 0 Å². The van der Waals surface area contributed by atoms with Crippen molar-refractivity contribution in [2.75, 3.05) is 0 Å². The minimum Gasteiger partial charge on any atom is -0.549 e. The van der Waals surface area contributed by atoms with E-state index in [4.69, 9.17) is 0 Å². The Bertz CT molecular complexity index is 196. The molecule has 1 aliphatic rings. The molecule has 1 saturated carbocycles. The van der Waals surface area contributed by atoms with Crippen LogP contribution in [0.15, 0.2) is 12.2 Å². The molecule has 0 aromatic heterocycles. The van der Waals surface area contributed by atoms with E-state index in [1.165, 1.54) is 0 Å². The van der Waals surface area contributed by atoms with Gasteiger partial charge in [-0.25, -0.2) is 0 Å². The maximum atomic E-state index is 10.0. The second kappa shape index (κ2) is 1.83. The van der Waals surface area contributed by atoms with Gasteiger partial charge in [-0.15, -0.1) is 0 Å². The standard InChI is InChI=1S/C6H6O4/c1-2-3(5(7)8)4(2)6(9)10/h3-4H,1H2,(H,7,8)(H,9,10)/p-2/t3-,4-/m1/s1. The second-order valence-electron chi connectivity index (χ2n) is 2.17. The zero-order valence-electron chi connectivity index (χ0n) is 4.99. The van der Waals surface area contributed by atoms with Gasteiger partial charge in [0.05, 0.1) is 0 Å². The van der Waals surface area contributed by atoms with Gasteiger partial charge in [-0.05, 0) is 0 Å². The summed E-state index contributed by atoms with van der Waals surface area (Å²) in [4.78, 5) is 20.0. The van der Waals surface area contributed by atoms with Crippen LogP contribution in [0.25, 0.3) is 0 Å². The number of hydrogen-bond donors (Lipinski definition) is 0. The van der Waals surface area contributed by atoms with Crippen LogP contribution in [0.5, 0.6) is 0 Å². The van der Waals surface area contributed by atoms with E-state index < -0.39 is 23.8 Å². The zero-order valence-corrected chi connectivity index (χ0v) is 4.99. The molecule has 0 aromatic carbocycles. The van der Waals surface area contributed by atoms with Gasteiger partial charge in [0, 0.05) is 23.8 Å². The van der Waals surface area contributed by atoms with Gasteiger partial charge in [0.1, 0.15) is 0 Å². The van der Waals surface area contributed by atoms with E-state index in [2.05, 4.69) is 6.58 Å². The molecule has 4 heteroatoms. The van der Waals surface area contributed by atoms with Crippen molar-refractivity contribution in [1.82, 2.24) is 0 Å². The van der Waals surface area contributed by atoms with Crippen LogP contribution in [-0.2, 0) is 9.59 Å². The second-order valence-corrected chi connectivity index (χ2v) is 2.17. The van der Waals surface area contributed by atoms with Crippen molar-refractivity contribution in [2.45, 2.75) is 0 Å². The number of carbonyl (C=O) groups is 2. The van der Waals surface area contributed by atoms with E-state index in [1.807, 2.05) is 0 Å². The maximum absolute atomic E-state index is 10.0. The van der Waals surface area contributed by atoms with Crippen molar-refractivity contribution in [2.24, 2.45) is 11.8 Å². The molecule has 10 heavy (non-hydrogen) atoms. The fourth-order valence-corrected chi connectivity index (χ4v) is 0.890. The molecular formula is C6H4O4-2. The highest BCUT2D eigenvalue weighted by atomic mass is 16.4. The van der Waals surface area contributed by atoms with E-state index in [0.717, 1.165) is 0 Å². The van der Waals surface area contributed by atoms with Gasteiger partial charge in [0.15, 0.2) is 0 Å². The number of carboxylic acids is 2. The van der Waals surface area contributed by atoms with Gasteiger partial charge in [-0.1, -0.05) is 12.2 Å². The Labute approximate surface area is 56.8 Å². The third kappa shape index (κ3) is 0.775. The summed E-state index contributed by atoms with van der Waals surface area (Å²) in [5.41, 5.74) is 0.167. The lowest BCUT2D eigenvalue weighted by Crippen LogP contribution is -2.30. The Morgan fingerprint density at radius 1 is 1.20 bits per heavy atom. The Balaban J connectivity index is 2.66. The van der Waals surface area contributed by atoms with Crippen LogP contribution in [0.3, 0.4) is 0 Å². The minimum absolute atomic E-state index is 0.167. The van der Waals surface area contributed by atoms with Crippen LogP contribution in [0.2, 0.25) is 0 Å². The summed E-state index contributed by atoms with van der Waals surface area (Å²) >= 11 is 0. The predicted octanol–water partition coefficient (Wildman–Crippen LogP) is -2.71. The molecule has 0 unspecified atom stereocenters. The number of aliphatic carboxylic acids is 2. The van der Waals surface area contributed by atoms with Crippen molar-refractivity contribution in [3.8, 4) is 0 Å². The van der Waals surface area contributed by atoms with E-state index in [0.29, 0.717) is 0 Å². The first-order valence-corrected chi connectivity index (χ1v) is 2.66. The first-order chi connectivity index (χ1) is 4.55. The molecule has 4 nitrogen and oxygen atoms in total. The lowest BCUT2D eigenvalue weighted by Gasteiger charge is -1.98. The highest BCUT2D eigenvalue weighted by molar-refractivity contribution is 5.91. The molecule has 2 atom stereocenters. The molecule has 0 aromatic rings. The molecule has 0 heterocycles. The normalized spacial score (nSPS) is 29.8. The van der Waals surface area contributed by atoms with Crippen LogP contribution in [0, 0.1) is 11.8 Å².